The van der Waals surface area contributed by atoms with Crippen LogP contribution in [0.4, 0.5) is 0 Å². The molecule has 6 heteroatoms. The predicted octanol–water partition coefficient (Wildman–Crippen LogP) is 4.56. The Morgan fingerprint density at radius 2 is 2.29 bits per heavy atom. The number of benzene rings is 1. The minimum atomic E-state index is -0.227. The molecule has 0 saturated heterocycles. The number of halogens is 2. The molecule has 0 radical (unpaired) electrons. The fourth-order valence-corrected chi connectivity index (χ4v) is 3.16. The van der Waals surface area contributed by atoms with Gasteiger partial charge in [-0.2, -0.15) is 0 Å². The Hall–Kier alpha value is -0.880. The maximum atomic E-state index is 11.5. The second-order valence-electron chi connectivity index (χ2n) is 4.48. The van der Waals surface area contributed by atoms with Gasteiger partial charge in [-0.15, -0.1) is 11.3 Å². The molecule has 0 fully saturated rings. The molecule has 0 bridgehead atoms. The van der Waals surface area contributed by atoms with Gasteiger partial charge >= 0.3 is 5.97 Å². The molecule has 0 amide bonds. The smallest absolute Gasteiger partial charge is 0.307 e. The summed E-state index contributed by atoms with van der Waals surface area (Å²) in [5, 5.41) is 6.06. The van der Waals surface area contributed by atoms with E-state index in [1.807, 2.05) is 35.7 Å². The molecule has 2 aromatic rings. The van der Waals surface area contributed by atoms with E-state index >= 15 is 0 Å². The van der Waals surface area contributed by atoms with Crippen LogP contribution in [0.1, 0.15) is 22.9 Å². The molecule has 0 aliphatic heterocycles. The lowest BCUT2D eigenvalue weighted by Gasteiger charge is -2.16. The van der Waals surface area contributed by atoms with Crippen LogP contribution in [0.3, 0.4) is 0 Å². The van der Waals surface area contributed by atoms with Gasteiger partial charge in [0.2, 0.25) is 0 Å². The number of nitrogens with one attached hydrogen (secondary N) is 1. The molecule has 0 spiro atoms. The summed E-state index contributed by atoms with van der Waals surface area (Å²) in [6.45, 7) is 0.632. The second-order valence-corrected chi connectivity index (χ2v) is 6.72. The Bertz CT molecular complexity index is 604. The van der Waals surface area contributed by atoms with Crippen molar-refractivity contribution >= 4 is 44.8 Å². The van der Waals surface area contributed by atoms with Crippen molar-refractivity contribution in [1.82, 2.24) is 5.32 Å². The summed E-state index contributed by atoms with van der Waals surface area (Å²) in [4.78, 5) is 12.7. The topological polar surface area (TPSA) is 38.3 Å². The van der Waals surface area contributed by atoms with E-state index in [4.69, 9.17) is 16.3 Å². The summed E-state index contributed by atoms with van der Waals surface area (Å²) >= 11 is 11.1. The van der Waals surface area contributed by atoms with Crippen molar-refractivity contribution in [3.8, 4) is 0 Å². The number of esters is 1. The van der Waals surface area contributed by atoms with Crippen LogP contribution in [0.2, 0.25) is 5.02 Å². The Labute approximate surface area is 141 Å². The second kappa shape index (κ2) is 7.94. The summed E-state index contributed by atoms with van der Waals surface area (Å²) in [6.07, 6.45) is 0.307. The van der Waals surface area contributed by atoms with E-state index in [9.17, 15) is 4.79 Å². The molecule has 0 saturated carbocycles. The van der Waals surface area contributed by atoms with Gasteiger partial charge in [0.15, 0.2) is 0 Å². The number of hydrogen-bond donors (Lipinski definition) is 1. The Morgan fingerprint density at radius 3 is 2.90 bits per heavy atom. The molecule has 0 aliphatic rings. The van der Waals surface area contributed by atoms with Crippen LogP contribution in [-0.2, 0) is 16.1 Å². The van der Waals surface area contributed by atoms with E-state index < -0.39 is 0 Å². The molecule has 1 heterocycles. The van der Waals surface area contributed by atoms with Gasteiger partial charge in [-0.25, -0.2) is 0 Å². The molecular weight excluding hydrogens is 374 g/mol. The van der Waals surface area contributed by atoms with Crippen molar-refractivity contribution in [1.29, 1.82) is 0 Å². The van der Waals surface area contributed by atoms with Gasteiger partial charge in [-0.1, -0.05) is 23.7 Å². The Kier molecular flexibility index (Phi) is 6.23. The highest BCUT2D eigenvalue weighted by Crippen LogP contribution is 2.25. The zero-order chi connectivity index (χ0) is 15.2. The van der Waals surface area contributed by atoms with Crippen molar-refractivity contribution in [3.63, 3.8) is 0 Å². The summed E-state index contributed by atoms with van der Waals surface area (Å²) in [5.74, 6) is -0.227. The van der Waals surface area contributed by atoms with Crippen molar-refractivity contribution in [2.75, 3.05) is 7.11 Å². The molecule has 1 aromatic heterocycles. The maximum absolute atomic E-state index is 11.5. The number of ether oxygens (including phenoxy) is 1. The van der Waals surface area contributed by atoms with Gasteiger partial charge in [-0.3, -0.25) is 4.79 Å². The first-order valence-corrected chi connectivity index (χ1v) is 8.42. The number of carbonyl (C=O) groups excluding carboxylic acids is 1. The average molecular weight is 389 g/mol. The van der Waals surface area contributed by atoms with Crippen LogP contribution in [0.15, 0.2) is 40.2 Å². The molecular formula is C15H15BrClNO2S. The van der Waals surface area contributed by atoms with Gasteiger partial charge in [0.05, 0.1) is 24.6 Å². The fourth-order valence-electron chi connectivity index (χ4n) is 1.90. The highest BCUT2D eigenvalue weighted by molar-refractivity contribution is 9.10. The summed E-state index contributed by atoms with van der Waals surface area (Å²) in [7, 11) is 1.41. The molecule has 0 aliphatic carbocycles. The number of rotatable bonds is 6. The molecule has 1 unspecified atom stereocenters. The van der Waals surface area contributed by atoms with E-state index in [2.05, 4.69) is 21.2 Å². The first-order chi connectivity index (χ1) is 10.1. The van der Waals surface area contributed by atoms with Crippen molar-refractivity contribution in [3.05, 3.63) is 55.6 Å². The summed E-state index contributed by atoms with van der Waals surface area (Å²) < 4.78 is 5.64. The first-order valence-electron chi connectivity index (χ1n) is 6.37. The number of hydrogen-bond acceptors (Lipinski definition) is 4. The number of methoxy groups -OCH3 is 1. The fraction of sp³-hybridized carbons (Fsp3) is 0.267. The minimum Gasteiger partial charge on any atom is -0.469 e. The molecule has 21 heavy (non-hydrogen) atoms. The van der Waals surface area contributed by atoms with E-state index in [1.165, 1.54) is 7.11 Å². The van der Waals surface area contributed by atoms with Crippen LogP contribution >= 0.6 is 38.9 Å². The van der Waals surface area contributed by atoms with Crippen LogP contribution in [0, 0.1) is 0 Å². The quantitative estimate of drug-likeness (QED) is 0.737. The van der Waals surface area contributed by atoms with Crippen LogP contribution in [0.25, 0.3) is 0 Å². The molecule has 1 aromatic carbocycles. The standard InChI is InChI=1S/C15H15BrClNO2S/c1-20-15(19)8-13(14-3-2-6-21-14)18-9-10-4-5-11(16)12(17)7-10/h2-7,13,18H,8-9H2,1H3. The lowest BCUT2D eigenvalue weighted by Crippen LogP contribution is -2.23. The lowest BCUT2D eigenvalue weighted by molar-refractivity contribution is -0.141. The summed E-state index contributed by atoms with van der Waals surface area (Å²) in [6, 6.07) is 9.75. The first kappa shape index (κ1) is 16.5. The van der Waals surface area contributed by atoms with E-state index in [0.29, 0.717) is 18.0 Å². The highest BCUT2D eigenvalue weighted by atomic mass is 79.9. The normalized spacial score (nSPS) is 12.1. The van der Waals surface area contributed by atoms with E-state index in [1.54, 1.807) is 11.3 Å². The van der Waals surface area contributed by atoms with E-state index in [0.717, 1.165) is 14.9 Å². The molecule has 1 N–H and O–H groups in total. The summed E-state index contributed by atoms with van der Waals surface area (Å²) in [5.41, 5.74) is 1.06. The zero-order valence-corrected chi connectivity index (χ0v) is 14.6. The lowest BCUT2D eigenvalue weighted by atomic mass is 10.1. The van der Waals surface area contributed by atoms with Gasteiger partial charge in [-0.05, 0) is 45.1 Å². The molecule has 2 rings (SSSR count). The third-order valence-corrected chi connectivity index (χ3v) is 5.24. The van der Waals surface area contributed by atoms with Gasteiger partial charge in [0, 0.05) is 15.9 Å². The van der Waals surface area contributed by atoms with Crippen LogP contribution in [0.5, 0.6) is 0 Å². The van der Waals surface area contributed by atoms with Crippen LogP contribution in [-0.4, -0.2) is 13.1 Å². The highest BCUT2D eigenvalue weighted by Gasteiger charge is 2.17. The van der Waals surface area contributed by atoms with Gasteiger partial charge in [0.25, 0.3) is 0 Å². The number of thiophene rings is 1. The SMILES string of the molecule is COC(=O)CC(NCc1ccc(Br)c(Cl)c1)c1cccs1. The minimum absolute atomic E-state index is 0.0557. The molecule has 3 nitrogen and oxygen atoms in total. The Balaban J connectivity index is 2.04. The third-order valence-electron chi connectivity index (χ3n) is 3.02. The zero-order valence-electron chi connectivity index (χ0n) is 11.4. The van der Waals surface area contributed by atoms with Gasteiger partial charge < -0.3 is 10.1 Å². The maximum Gasteiger partial charge on any atom is 0.307 e. The van der Waals surface area contributed by atoms with E-state index in [-0.39, 0.29) is 12.0 Å². The van der Waals surface area contributed by atoms with Gasteiger partial charge in [0.1, 0.15) is 0 Å². The average Bonchev–Trinajstić information content (AvgIpc) is 3.00. The van der Waals surface area contributed by atoms with Crippen LogP contribution < -0.4 is 5.32 Å². The monoisotopic (exact) mass is 387 g/mol. The Morgan fingerprint density at radius 1 is 1.48 bits per heavy atom. The molecule has 1 atom stereocenters. The van der Waals surface area contributed by atoms with Crippen molar-refractivity contribution in [2.45, 2.75) is 19.0 Å². The predicted molar refractivity (Wildman–Crippen MR) is 89.7 cm³/mol. The third kappa shape index (κ3) is 4.81. The largest absolute Gasteiger partial charge is 0.469 e. The van der Waals surface area contributed by atoms with Crippen molar-refractivity contribution < 1.29 is 9.53 Å². The molecule has 112 valence electrons. The van der Waals surface area contributed by atoms with Crippen molar-refractivity contribution in [2.24, 2.45) is 0 Å². The number of carbonyl (C=O) groups is 1.